The number of hydrogen-bond acceptors (Lipinski definition) is 5. The number of para-hydroxylation sites is 1. The summed E-state index contributed by atoms with van der Waals surface area (Å²) in [6, 6.07) is 6.14. The predicted octanol–water partition coefficient (Wildman–Crippen LogP) is 2.32. The summed E-state index contributed by atoms with van der Waals surface area (Å²) in [6.45, 7) is 0. The van der Waals surface area contributed by atoms with E-state index < -0.39 is 12.1 Å². The Morgan fingerprint density at radius 2 is 1.71 bits per heavy atom. The largest absolute Gasteiger partial charge is 0.507 e. The molecule has 6 nitrogen and oxygen atoms in total. The average molecular weight is 263 g/mol. The Bertz CT molecular complexity index is 373. The molecule has 0 aliphatic rings. The Balaban J connectivity index is 0.000000366. The molecule has 17 heavy (non-hydrogen) atoms. The molecule has 1 N–H and O–H groups in total. The number of carboxylic acids is 1. The monoisotopic (exact) mass is 262 g/mol. The highest BCUT2D eigenvalue weighted by Gasteiger charge is 2.08. The number of carbonyl (C=O) groups excluding carboxylic acids is 1. The molecular weight excluding hydrogens is 252 g/mol. The molecule has 0 radical (unpaired) electrons. The van der Waals surface area contributed by atoms with Gasteiger partial charge in [0.05, 0.1) is 14.2 Å². The summed E-state index contributed by atoms with van der Waals surface area (Å²) in [7, 11) is 2.51. The number of rotatable bonds is 2. The lowest BCUT2D eigenvalue weighted by Gasteiger charge is -1.98. The number of hydrogen-bond donors (Lipinski definition) is 1. The standard InChI is InChI=1S/C7H5ClO3.C3H6O3/c8-11-6-4-2-1-3-5(6)7(9)10;1-5-3(4)6-2/h1-4H,(H,9,10);1-2H3. The normalized spacial score (nSPS) is 8.41. The number of aromatic carboxylic acids is 1. The minimum atomic E-state index is -1.05. The van der Waals surface area contributed by atoms with E-state index in [0.29, 0.717) is 0 Å². The third-order valence-electron chi connectivity index (χ3n) is 1.53. The Labute approximate surface area is 103 Å². The zero-order chi connectivity index (χ0) is 13.3. The highest BCUT2D eigenvalue weighted by Crippen LogP contribution is 2.18. The van der Waals surface area contributed by atoms with Gasteiger partial charge in [-0.15, -0.1) is 0 Å². The molecule has 0 bridgehead atoms. The molecule has 0 aliphatic heterocycles. The van der Waals surface area contributed by atoms with Gasteiger partial charge in [-0.2, -0.15) is 0 Å². The SMILES string of the molecule is COC(=O)OC.O=C(O)c1ccccc1OCl. The Kier molecular flexibility index (Phi) is 7.29. The molecule has 0 unspecified atom stereocenters. The first-order chi connectivity index (χ1) is 8.06. The second kappa shape index (κ2) is 8.23. The van der Waals surface area contributed by atoms with Crippen molar-refractivity contribution in [1.29, 1.82) is 0 Å². The van der Waals surface area contributed by atoms with Gasteiger partial charge in [-0.25, -0.2) is 9.59 Å². The van der Waals surface area contributed by atoms with Gasteiger partial charge < -0.3 is 18.9 Å². The fourth-order valence-electron chi connectivity index (χ4n) is 0.794. The molecule has 0 spiro atoms. The third kappa shape index (κ3) is 5.62. The van der Waals surface area contributed by atoms with E-state index in [9.17, 15) is 9.59 Å². The van der Waals surface area contributed by atoms with Crippen molar-refractivity contribution in [3.8, 4) is 5.75 Å². The minimum absolute atomic E-state index is 0.0579. The second-order valence-corrected chi connectivity index (χ2v) is 2.69. The van der Waals surface area contributed by atoms with E-state index in [0.717, 1.165) is 0 Å². The summed E-state index contributed by atoms with van der Waals surface area (Å²) in [6.07, 6.45) is -0.657. The first-order valence-corrected chi connectivity index (χ1v) is 4.60. The third-order valence-corrected chi connectivity index (χ3v) is 1.70. The highest BCUT2D eigenvalue weighted by molar-refractivity contribution is 6.09. The van der Waals surface area contributed by atoms with E-state index in [2.05, 4.69) is 13.8 Å². The van der Waals surface area contributed by atoms with Gasteiger partial charge >= 0.3 is 12.1 Å². The van der Waals surface area contributed by atoms with Crippen LogP contribution in [0.2, 0.25) is 0 Å². The molecular formula is C10H11ClO6. The Morgan fingerprint density at radius 1 is 1.18 bits per heavy atom. The molecule has 7 heteroatoms. The van der Waals surface area contributed by atoms with Crippen molar-refractivity contribution in [3.63, 3.8) is 0 Å². The van der Waals surface area contributed by atoms with Crippen molar-refractivity contribution >= 4 is 24.0 Å². The van der Waals surface area contributed by atoms with Crippen molar-refractivity contribution in [1.82, 2.24) is 0 Å². The van der Waals surface area contributed by atoms with Crippen LogP contribution in [0.1, 0.15) is 10.4 Å². The maximum Gasteiger partial charge on any atom is 0.507 e. The summed E-state index contributed by atoms with van der Waals surface area (Å²) in [4.78, 5) is 20.2. The average Bonchev–Trinajstić information content (AvgIpc) is 2.38. The van der Waals surface area contributed by atoms with Gasteiger partial charge in [-0.05, 0) is 12.1 Å². The number of halogens is 1. The van der Waals surface area contributed by atoms with E-state index in [1.54, 1.807) is 12.1 Å². The van der Waals surface area contributed by atoms with Crippen molar-refractivity contribution in [2.75, 3.05) is 14.2 Å². The van der Waals surface area contributed by atoms with Gasteiger partial charge in [0.25, 0.3) is 0 Å². The molecule has 0 aliphatic carbocycles. The number of carbonyl (C=O) groups is 2. The molecule has 1 rings (SSSR count). The predicted molar refractivity (Wildman–Crippen MR) is 59.3 cm³/mol. The van der Waals surface area contributed by atoms with E-state index in [1.807, 2.05) is 0 Å². The lowest BCUT2D eigenvalue weighted by atomic mass is 10.2. The summed E-state index contributed by atoms with van der Waals surface area (Å²) in [5.74, 6) is -0.900. The van der Waals surface area contributed by atoms with E-state index in [-0.39, 0.29) is 11.3 Å². The second-order valence-electron chi connectivity index (χ2n) is 2.54. The molecule has 0 heterocycles. The van der Waals surface area contributed by atoms with Crippen LogP contribution in [-0.4, -0.2) is 31.5 Å². The van der Waals surface area contributed by atoms with Crippen LogP contribution < -0.4 is 4.29 Å². The molecule has 0 aromatic heterocycles. The molecule has 1 aromatic carbocycles. The minimum Gasteiger partial charge on any atom is -0.478 e. The highest BCUT2D eigenvalue weighted by atomic mass is 35.5. The van der Waals surface area contributed by atoms with Crippen molar-refractivity contribution in [2.45, 2.75) is 0 Å². The van der Waals surface area contributed by atoms with E-state index >= 15 is 0 Å². The summed E-state index contributed by atoms with van der Waals surface area (Å²) >= 11 is 5.01. The molecule has 0 fully saturated rings. The van der Waals surface area contributed by atoms with Gasteiger partial charge in [0, 0.05) is 0 Å². The lowest BCUT2D eigenvalue weighted by molar-refractivity contribution is 0.0694. The maximum atomic E-state index is 10.4. The fourth-order valence-corrected chi connectivity index (χ4v) is 0.928. The maximum absolute atomic E-state index is 10.4. The first kappa shape index (κ1) is 15.0. The van der Waals surface area contributed by atoms with Crippen molar-refractivity contribution < 1.29 is 28.5 Å². The quantitative estimate of drug-likeness (QED) is 0.824. The van der Waals surface area contributed by atoms with Crippen molar-refractivity contribution in [2.24, 2.45) is 0 Å². The van der Waals surface area contributed by atoms with Gasteiger partial charge in [-0.1, -0.05) is 12.1 Å². The number of benzene rings is 1. The number of methoxy groups -OCH3 is 2. The zero-order valence-electron chi connectivity index (χ0n) is 9.18. The Morgan fingerprint density at radius 3 is 2.00 bits per heavy atom. The molecule has 94 valence electrons. The van der Waals surface area contributed by atoms with Gasteiger partial charge in [0.2, 0.25) is 0 Å². The molecule has 0 amide bonds. The van der Waals surface area contributed by atoms with Crippen LogP contribution in [0.5, 0.6) is 5.75 Å². The van der Waals surface area contributed by atoms with Crippen LogP contribution >= 0.6 is 11.9 Å². The molecule has 0 saturated carbocycles. The van der Waals surface area contributed by atoms with Crippen LogP contribution in [0.25, 0.3) is 0 Å². The van der Waals surface area contributed by atoms with Crippen LogP contribution in [-0.2, 0) is 9.47 Å². The van der Waals surface area contributed by atoms with Crippen molar-refractivity contribution in [3.05, 3.63) is 29.8 Å². The Hall–Kier alpha value is -1.95. The number of ether oxygens (including phenoxy) is 2. The summed E-state index contributed by atoms with van der Waals surface area (Å²) in [5.41, 5.74) is 0.0579. The topological polar surface area (TPSA) is 82.1 Å². The van der Waals surface area contributed by atoms with Crippen LogP contribution in [0.15, 0.2) is 24.3 Å². The van der Waals surface area contributed by atoms with E-state index in [1.165, 1.54) is 26.4 Å². The van der Waals surface area contributed by atoms with Gasteiger partial charge in [-0.3, -0.25) is 0 Å². The smallest absolute Gasteiger partial charge is 0.478 e. The molecule has 0 saturated heterocycles. The van der Waals surface area contributed by atoms with Crippen LogP contribution in [0, 0.1) is 0 Å². The lowest BCUT2D eigenvalue weighted by Crippen LogP contribution is -1.97. The number of carboxylic acid groups (broad SMARTS) is 1. The fraction of sp³-hybridized carbons (Fsp3) is 0.200. The molecule has 1 aromatic rings. The zero-order valence-corrected chi connectivity index (χ0v) is 9.93. The van der Waals surface area contributed by atoms with Crippen LogP contribution in [0.3, 0.4) is 0 Å². The van der Waals surface area contributed by atoms with E-state index in [4.69, 9.17) is 17.0 Å². The van der Waals surface area contributed by atoms with Crippen LogP contribution in [0.4, 0.5) is 4.79 Å². The summed E-state index contributed by atoms with van der Waals surface area (Å²) < 4.78 is 12.4. The first-order valence-electron chi connectivity index (χ1n) is 4.29. The molecule has 0 atom stereocenters. The van der Waals surface area contributed by atoms with Gasteiger partial charge in [0.15, 0.2) is 5.75 Å². The van der Waals surface area contributed by atoms with Gasteiger partial charge in [0.1, 0.15) is 17.4 Å². The summed E-state index contributed by atoms with van der Waals surface area (Å²) in [5, 5.41) is 8.56.